The Balaban J connectivity index is 2.18. The predicted molar refractivity (Wildman–Crippen MR) is 64.8 cm³/mol. The van der Waals surface area contributed by atoms with E-state index in [2.05, 4.69) is 0 Å². The summed E-state index contributed by atoms with van der Waals surface area (Å²) in [5.74, 6) is 0.0738. The average molecular weight is 252 g/mol. The Hall–Kier alpha value is -1.63. The van der Waals surface area contributed by atoms with Crippen LogP contribution in [0.2, 0.25) is 0 Å². The average Bonchev–Trinajstić information content (AvgIpc) is 2.37. The van der Waals surface area contributed by atoms with E-state index in [1.165, 1.54) is 0 Å². The van der Waals surface area contributed by atoms with E-state index in [9.17, 15) is 10.0 Å². The molecule has 0 aromatic heterocycles. The molecule has 18 heavy (non-hydrogen) atoms. The van der Waals surface area contributed by atoms with E-state index in [4.69, 9.17) is 15.2 Å². The molecule has 98 valence electrons. The molecule has 1 aliphatic heterocycles. The summed E-state index contributed by atoms with van der Waals surface area (Å²) < 4.78 is 10.3. The molecule has 2 rings (SSSR count). The number of carbonyl (C=O) groups excluding carboxylic acids is 1. The fourth-order valence-electron chi connectivity index (χ4n) is 1.85. The van der Waals surface area contributed by atoms with Crippen molar-refractivity contribution in [3.8, 4) is 5.75 Å². The second-order valence-electron chi connectivity index (χ2n) is 4.09. The quantitative estimate of drug-likeness (QED) is 0.595. The summed E-state index contributed by atoms with van der Waals surface area (Å²) in [6.07, 6.45) is 0.420. The third-order valence-corrected chi connectivity index (χ3v) is 2.81. The SMILES string of the molecule is COCCOc1ccc2c(c1)N(O)C(=O)[C@H](N)C2. The van der Waals surface area contributed by atoms with Gasteiger partial charge in [0.15, 0.2) is 0 Å². The number of hydrogen-bond acceptors (Lipinski definition) is 5. The highest BCUT2D eigenvalue weighted by molar-refractivity contribution is 5.98. The number of hydrogen-bond donors (Lipinski definition) is 2. The van der Waals surface area contributed by atoms with Crippen LogP contribution in [0.1, 0.15) is 5.56 Å². The fourth-order valence-corrected chi connectivity index (χ4v) is 1.85. The van der Waals surface area contributed by atoms with Gasteiger partial charge in [-0.05, 0) is 18.1 Å². The molecule has 0 radical (unpaired) electrons. The normalized spacial score (nSPS) is 18.7. The van der Waals surface area contributed by atoms with Crippen LogP contribution in [-0.4, -0.2) is 37.5 Å². The Labute approximate surface area is 105 Å². The minimum absolute atomic E-state index is 0.411. The minimum Gasteiger partial charge on any atom is -0.491 e. The standard InChI is InChI=1S/C12H16N2O4/c1-17-4-5-18-9-3-2-8-6-10(13)12(15)14(16)11(8)7-9/h2-3,7,10,16H,4-6,13H2,1H3/t10-/m1/s1. The van der Waals surface area contributed by atoms with Crippen LogP contribution in [0.4, 0.5) is 5.69 Å². The molecule has 6 nitrogen and oxygen atoms in total. The molecule has 1 aliphatic rings. The summed E-state index contributed by atoms with van der Waals surface area (Å²) >= 11 is 0. The van der Waals surface area contributed by atoms with Gasteiger partial charge >= 0.3 is 0 Å². The number of rotatable bonds is 4. The van der Waals surface area contributed by atoms with E-state index in [0.29, 0.717) is 36.1 Å². The van der Waals surface area contributed by atoms with Crippen molar-refractivity contribution in [2.45, 2.75) is 12.5 Å². The second-order valence-corrected chi connectivity index (χ2v) is 4.09. The maximum Gasteiger partial charge on any atom is 0.267 e. The van der Waals surface area contributed by atoms with Crippen molar-refractivity contribution >= 4 is 11.6 Å². The van der Waals surface area contributed by atoms with E-state index in [0.717, 1.165) is 5.56 Å². The molecule has 1 heterocycles. The Morgan fingerprint density at radius 2 is 2.28 bits per heavy atom. The largest absolute Gasteiger partial charge is 0.491 e. The zero-order valence-electron chi connectivity index (χ0n) is 10.1. The topological polar surface area (TPSA) is 85.0 Å². The van der Waals surface area contributed by atoms with Crippen molar-refractivity contribution in [3.63, 3.8) is 0 Å². The van der Waals surface area contributed by atoms with E-state index in [1.807, 2.05) is 0 Å². The van der Waals surface area contributed by atoms with Crippen molar-refractivity contribution in [1.82, 2.24) is 0 Å². The molecule has 3 N–H and O–H groups in total. The molecule has 0 fully saturated rings. The lowest BCUT2D eigenvalue weighted by Gasteiger charge is -2.27. The van der Waals surface area contributed by atoms with Crippen molar-refractivity contribution in [2.24, 2.45) is 5.73 Å². The first kappa shape index (κ1) is 12.8. The van der Waals surface area contributed by atoms with E-state index in [-0.39, 0.29) is 0 Å². The van der Waals surface area contributed by atoms with Gasteiger partial charge in [-0.3, -0.25) is 10.0 Å². The highest BCUT2D eigenvalue weighted by atomic mass is 16.5. The maximum atomic E-state index is 11.5. The van der Waals surface area contributed by atoms with Crippen molar-refractivity contribution < 1.29 is 19.5 Å². The summed E-state index contributed by atoms with van der Waals surface area (Å²) in [7, 11) is 1.59. The first-order valence-corrected chi connectivity index (χ1v) is 5.66. The molecule has 1 aromatic rings. The van der Waals surface area contributed by atoms with E-state index < -0.39 is 11.9 Å². The van der Waals surface area contributed by atoms with Crippen molar-refractivity contribution in [1.29, 1.82) is 0 Å². The Kier molecular flexibility index (Phi) is 3.81. The first-order chi connectivity index (χ1) is 8.63. The smallest absolute Gasteiger partial charge is 0.267 e. The lowest BCUT2D eigenvalue weighted by atomic mass is 9.99. The molecular weight excluding hydrogens is 236 g/mol. The van der Waals surface area contributed by atoms with Gasteiger partial charge in [-0.15, -0.1) is 0 Å². The number of nitrogens with zero attached hydrogens (tertiary/aromatic N) is 1. The summed E-state index contributed by atoms with van der Waals surface area (Å²) in [4.78, 5) is 11.5. The van der Waals surface area contributed by atoms with E-state index >= 15 is 0 Å². The third-order valence-electron chi connectivity index (χ3n) is 2.81. The molecule has 0 unspecified atom stereocenters. The molecule has 0 aliphatic carbocycles. The van der Waals surface area contributed by atoms with Crippen LogP contribution < -0.4 is 15.5 Å². The number of nitrogens with two attached hydrogens (primary N) is 1. The summed E-state index contributed by atoms with van der Waals surface area (Å²) in [6.45, 7) is 0.887. The molecule has 0 spiro atoms. The highest BCUT2D eigenvalue weighted by Gasteiger charge is 2.29. The van der Waals surface area contributed by atoms with Gasteiger partial charge in [0.25, 0.3) is 5.91 Å². The van der Waals surface area contributed by atoms with Crippen LogP contribution in [0.15, 0.2) is 18.2 Å². The number of benzene rings is 1. The molecular formula is C12H16N2O4. The molecule has 1 amide bonds. The Morgan fingerprint density at radius 3 is 3.00 bits per heavy atom. The van der Waals surface area contributed by atoms with Crippen LogP contribution >= 0.6 is 0 Å². The summed E-state index contributed by atoms with van der Waals surface area (Å²) in [5.41, 5.74) is 6.87. The molecule has 0 saturated heterocycles. The molecule has 1 aromatic carbocycles. The van der Waals surface area contributed by atoms with Gasteiger partial charge in [-0.1, -0.05) is 6.07 Å². The van der Waals surface area contributed by atoms with Gasteiger partial charge in [0, 0.05) is 13.2 Å². The van der Waals surface area contributed by atoms with Gasteiger partial charge in [0.1, 0.15) is 12.4 Å². The minimum atomic E-state index is -0.692. The van der Waals surface area contributed by atoms with Crippen molar-refractivity contribution in [2.75, 3.05) is 25.4 Å². The molecule has 0 saturated carbocycles. The number of hydroxylamine groups is 1. The fraction of sp³-hybridized carbons (Fsp3) is 0.417. The molecule has 0 bridgehead atoms. The van der Waals surface area contributed by atoms with E-state index in [1.54, 1.807) is 25.3 Å². The van der Waals surface area contributed by atoms with Crippen molar-refractivity contribution in [3.05, 3.63) is 23.8 Å². The van der Waals surface area contributed by atoms with Crippen LogP contribution in [0.25, 0.3) is 0 Å². The monoisotopic (exact) mass is 252 g/mol. The number of fused-ring (bicyclic) bond motifs is 1. The number of anilines is 1. The number of methoxy groups -OCH3 is 1. The Bertz CT molecular complexity index is 450. The summed E-state index contributed by atoms with van der Waals surface area (Å²) in [5, 5.41) is 10.3. The first-order valence-electron chi connectivity index (χ1n) is 5.66. The molecule has 6 heteroatoms. The zero-order chi connectivity index (χ0) is 13.1. The lowest BCUT2D eigenvalue weighted by Crippen LogP contribution is -2.47. The van der Waals surface area contributed by atoms with Crippen LogP contribution in [0.3, 0.4) is 0 Å². The lowest BCUT2D eigenvalue weighted by molar-refractivity contribution is -0.125. The highest BCUT2D eigenvalue weighted by Crippen LogP contribution is 2.30. The predicted octanol–water partition coefficient (Wildman–Crippen LogP) is 0.317. The number of amides is 1. The van der Waals surface area contributed by atoms with Gasteiger partial charge in [-0.2, -0.15) is 5.06 Å². The van der Waals surface area contributed by atoms with Gasteiger partial charge in [-0.25, -0.2) is 0 Å². The van der Waals surface area contributed by atoms with Crippen LogP contribution in [0, 0.1) is 0 Å². The maximum absolute atomic E-state index is 11.5. The van der Waals surface area contributed by atoms with Crippen LogP contribution in [0.5, 0.6) is 5.75 Å². The van der Waals surface area contributed by atoms with Gasteiger partial charge < -0.3 is 15.2 Å². The summed E-state index contributed by atoms with van der Waals surface area (Å²) in [6, 6.07) is 4.51. The molecule has 1 atom stereocenters. The van der Waals surface area contributed by atoms with Gasteiger partial charge in [0.2, 0.25) is 0 Å². The van der Waals surface area contributed by atoms with Crippen LogP contribution in [-0.2, 0) is 16.0 Å². The number of ether oxygens (including phenoxy) is 2. The second kappa shape index (κ2) is 5.34. The third kappa shape index (κ3) is 2.45. The Morgan fingerprint density at radius 1 is 1.50 bits per heavy atom. The van der Waals surface area contributed by atoms with Gasteiger partial charge in [0.05, 0.1) is 18.3 Å². The number of carbonyl (C=O) groups is 1. The zero-order valence-corrected chi connectivity index (χ0v) is 10.1.